The van der Waals surface area contributed by atoms with E-state index in [9.17, 15) is 10.2 Å². The molecule has 1 fully saturated rings. The Hall–Kier alpha value is -3.34. The van der Waals surface area contributed by atoms with E-state index in [2.05, 4.69) is 123 Å². The molecule has 0 amide bonds. The van der Waals surface area contributed by atoms with Crippen molar-refractivity contribution >= 4 is 16.9 Å². The Balaban J connectivity index is 1.47. The first-order chi connectivity index (χ1) is 17.6. The highest BCUT2D eigenvalue weighted by Crippen LogP contribution is 2.49. The van der Waals surface area contributed by atoms with Crippen molar-refractivity contribution in [2.24, 2.45) is 11.8 Å². The molecular weight excluding hydrogens is 456 g/mol. The number of aliphatic hydroxyl groups excluding tert-OH is 2. The highest BCUT2D eigenvalue weighted by Gasteiger charge is 2.49. The van der Waals surface area contributed by atoms with Crippen LogP contribution in [0.5, 0.6) is 0 Å². The normalized spacial score (nSPS) is 25.7. The second kappa shape index (κ2) is 9.51. The lowest BCUT2D eigenvalue weighted by Gasteiger charge is -2.45. The number of fused-ring (bicyclic) bond motifs is 1. The maximum Gasteiger partial charge on any atom is 0.0716 e. The first-order valence-corrected chi connectivity index (χ1v) is 13.1. The number of allylic oxidation sites excluding steroid dienone is 1. The van der Waals surface area contributed by atoms with Gasteiger partial charge in [-0.3, -0.25) is 0 Å². The summed E-state index contributed by atoms with van der Waals surface area (Å²) in [7, 11) is 6.13. The quantitative estimate of drug-likeness (QED) is 0.473. The van der Waals surface area contributed by atoms with Crippen molar-refractivity contribution in [1.29, 1.82) is 0 Å². The Morgan fingerprint density at radius 1 is 0.838 bits per heavy atom. The van der Waals surface area contributed by atoms with Crippen LogP contribution in [0.4, 0.5) is 11.4 Å². The van der Waals surface area contributed by atoms with Crippen LogP contribution in [0.2, 0.25) is 0 Å². The minimum absolute atomic E-state index is 0.188. The second-order valence-electron chi connectivity index (χ2n) is 11.3. The summed E-state index contributed by atoms with van der Waals surface area (Å²) >= 11 is 0. The largest absolute Gasteiger partial charge is 0.392 e. The van der Waals surface area contributed by atoms with Crippen molar-refractivity contribution in [1.82, 2.24) is 0 Å². The van der Waals surface area contributed by atoms with Crippen molar-refractivity contribution in [2.45, 2.75) is 38.4 Å². The summed E-state index contributed by atoms with van der Waals surface area (Å²) in [5, 5.41) is 22.6. The number of para-hydroxylation sites is 1. The van der Waals surface area contributed by atoms with Crippen LogP contribution in [-0.2, 0) is 5.41 Å². The molecule has 1 heterocycles. The number of nitrogens with zero attached hydrogens (tertiary/aromatic N) is 2. The summed E-state index contributed by atoms with van der Waals surface area (Å²) < 4.78 is 0. The van der Waals surface area contributed by atoms with Crippen LogP contribution in [0.15, 0.2) is 90.6 Å². The molecule has 1 aliphatic carbocycles. The van der Waals surface area contributed by atoms with Gasteiger partial charge < -0.3 is 20.0 Å². The first kappa shape index (κ1) is 25.3. The molecule has 1 saturated carbocycles. The number of benzene rings is 3. The summed E-state index contributed by atoms with van der Waals surface area (Å²) in [6.07, 6.45) is 2.85. The smallest absolute Gasteiger partial charge is 0.0716 e. The van der Waals surface area contributed by atoms with Gasteiger partial charge in [0.05, 0.1) is 12.2 Å². The van der Waals surface area contributed by atoms with Crippen LogP contribution in [-0.4, -0.2) is 43.6 Å². The zero-order valence-electron chi connectivity index (χ0n) is 22.7. The number of rotatable bonds is 5. The molecule has 5 rings (SSSR count). The van der Waals surface area contributed by atoms with Crippen LogP contribution < -0.4 is 9.80 Å². The van der Waals surface area contributed by atoms with E-state index in [0.717, 1.165) is 28.1 Å². The fourth-order valence-corrected chi connectivity index (χ4v) is 5.87. The average Bonchev–Trinajstić information content (AvgIpc) is 3.08. The summed E-state index contributed by atoms with van der Waals surface area (Å²) in [6, 6.07) is 25.3. The third-order valence-electron chi connectivity index (χ3n) is 8.28. The van der Waals surface area contributed by atoms with Gasteiger partial charge in [-0.15, -0.1) is 0 Å². The van der Waals surface area contributed by atoms with Gasteiger partial charge in [0.1, 0.15) is 0 Å². The Bertz CT molecular complexity index is 1330. The highest BCUT2D eigenvalue weighted by atomic mass is 16.3. The van der Waals surface area contributed by atoms with E-state index in [1.54, 1.807) is 0 Å². The highest BCUT2D eigenvalue weighted by molar-refractivity contribution is 5.81. The van der Waals surface area contributed by atoms with Crippen LogP contribution in [0.3, 0.4) is 0 Å². The summed E-state index contributed by atoms with van der Waals surface area (Å²) in [4.78, 5) is 4.28. The lowest BCUT2D eigenvalue weighted by Crippen LogP contribution is -2.54. The van der Waals surface area contributed by atoms with Gasteiger partial charge >= 0.3 is 0 Å². The van der Waals surface area contributed by atoms with E-state index in [0.29, 0.717) is 0 Å². The summed E-state index contributed by atoms with van der Waals surface area (Å²) in [5.74, 6) is -0.661. The van der Waals surface area contributed by atoms with Gasteiger partial charge in [0.2, 0.25) is 0 Å². The zero-order chi connectivity index (χ0) is 26.5. The van der Waals surface area contributed by atoms with Crippen molar-refractivity contribution < 1.29 is 10.2 Å². The molecule has 4 nitrogen and oxygen atoms in total. The third-order valence-corrected chi connectivity index (χ3v) is 8.28. The topological polar surface area (TPSA) is 46.9 Å². The molecule has 0 aromatic heterocycles. The van der Waals surface area contributed by atoms with Gasteiger partial charge in [0.25, 0.3) is 0 Å². The number of aliphatic hydroxyl groups is 2. The van der Waals surface area contributed by atoms with Gasteiger partial charge in [-0.1, -0.05) is 86.2 Å². The zero-order valence-corrected chi connectivity index (χ0v) is 22.7. The molecule has 1 aliphatic heterocycles. The van der Waals surface area contributed by atoms with E-state index in [-0.39, 0.29) is 17.3 Å². The molecule has 192 valence electrons. The lowest BCUT2D eigenvalue weighted by molar-refractivity contribution is -0.110. The molecule has 3 aromatic carbocycles. The lowest BCUT2D eigenvalue weighted by atomic mass is 9.66. The standard InChI is InChI=1S/C33H38N2O2/c1-21-11-13-22(14-12-21)25(23-15-17-24(18-16-23)34(4)5)19-26-31(36)27(32(26)37)20-30-33(2,3)28-9-7-8-10-29(28)35(30)6/h7-20,26-27,31-32,36-37H,1-6H3/b25-19-,30-20+. The molecule has 37 heavy (non-hydrogen) atoms. The molecule has 2 unspecified atom stereocenters. The SMILES string of the molecule is Cc1ccc(/C(=C/C2C(O)C(/C=C3/N(C)c4ccccc4C3(C)C)C2O)c2ccc(N(C)C)cc2)cc1. The number of hydrogen-bond donors (Lipinski definition) is 2. The van der Waals surface area contributed by atoms with E-state index in [4.69, 9.17) is 0 Å². The predicted molar refractivity (Wildman–Crippen MR) is 154 cm³/mol. The maximum atomic E-state index is 11.3. The summed E-state index contributed by atoms with van der Waals surface area (Å²) in [6.45, 7) is 6.50. The molecular formula is C33H38N2O2. The number of aryl methyl sites for hydroxylation is 1. The molecule has 2 N–H and O–H groups in total. The van der Waals surface area contributed by atoms with Crippen molar-refractivity contribution in [3.05, 3.63) is 113 Å². The molecule has 4 heteroatoms. The number of anilines is 2. The molecule has 0 spiro atoms. The third kappa shape index (κ3) is 4.39. The Labute approximate surface area is 221 Å². The number of hydrogen-bond acceptors (Lipinski definition) is 4. The Morgan fingerprint density at radius 3 is 1.97 bits per heavy atom. The monoisotopic (exact) mass is 494 g/mol. The molecule has 0 bridgehead atoms. The predicted octanol–water partition coefficient (Wildman–Crippen LogP) is 5.77. The van der Waals surface area contributed by atoms with E-state index in [1.165, 1.54) is 16.8 Å². The fourth-order valence-electron chi connectivity index (χ4n) is 5.87. The Morgan fingerprint density at radius 2 is 1.41 bits per heavy atom. The van der Waals surface area contributed by atoms with Gasteiger partial charge in [-0.2, -0.15) is 0 Å². The second-order valence-corrected chi connectivity index (χ2v) is 11.3. The van der Waals surface area contributed by atoms with Crippen molar-refractivity contribution in [3.8, 4) is 0 Å². The van der Waals surface area contributed by atoms with Crippen LogP contribution in [0.1, 0.15) is 36.1 Å². The van der Waals surface area contributed by atoms with Gasteiger partial charge in [-0.05, 0) is 47.4 Å². The minimum atomic E-state index is -0.656. The van der Waals surface area contributed by atoms with Gasteiger partial charge in [0, 0.05) is 55.5 Å². The van der Waals surface area contributed by atoms with E-state index in [1.807, 2.05) is 14.1 Å². The summed E-state index contributed by atoms with van der Waals surface area (Å²) in [5.41, 5.74) is 8.90. The molecule has 0 radical (unpaired) electrons. The van der Waals surface area contributed by atoms with Crippen LogP contribution in [0.25, 0.3) is 5.57 Å². The van der Waals surface area contributed by atoms with Crippen molar-refractivity contribution in [3.63, 3.8) is 0 Å². The maximum absolute atomic E-state index is 11.3. The van der Waals surface area contributed by atoms with Crippen molar-refractivity contribution in [2.75, 3.05) is 30.9 Å². The molecule has 2 atom stereocenters. The fraction of sp³-hybridized carbons (Fsp3) is 0.333. The molecule has 0 saturated heterocycles. The molecule has 2 aliphatic rings. The van der Waals surface area contributed by atoms with Crippen LogP contribution >= 0.6 is 0 Å². The van der Waals surface area contributed by atoms with E-state index < -0.39 is 12.2 Å². The van der Waals surface area contributed by atoms with E-state index >= 15 is 0 Å². The average molecular weight is 495 g/mol. The molecule has 3 aromatic rings. The van der Waals surface area contributed by atoms with Gasteiger partial charge in [-0.25, -0.2) is 0 Å². The number of likely N-dealkylation sites (N-methyl/N-ethyl adjacent to an activating group) is 1. The first-order valence-electron chi connectivity index (χ1n) is 13.1. The minimum Gasteiger partial charge on any atom is -0.392 e. The van der Waals surface area contributed by atoms with Crippen LogP contribution in [0, 0.1) is 18.8 Å². The Kier molecular flexibility index (Phi) is 6.51. The van der Waals surface area contributed by atoms with Gasteiger partial charge in [0.15, 0.2) is 0 Å².